The number of benzene rings is 8. The van der Waals surface area contributed by atoms with E-state index in [1.807, 2.05) is 11.3 Å². The zero-order valence-corrected chi connectivity index (χ0v) is 52.5. The van der Waals surface area contributed by atoms with Crippen LogP contribution in [0.2, 0.25) is 0 Å². The molecule has 2 aliphatic heterocycles. The molecule has 3 aliphatic carbocycles. The van der Waals surface area contributed by atoms with E-state index in [2.05, 4.69) is 283 Å². The number of anilines is 9. The maximum atomic E-state index is 2.75. The maximum absolute atomic E-state index is 2.75. The normalized spacial score (nSPS) is 18.2. The SMILES string of the molecule is CC(C)(C)c1ccc(N2c3cc(N(c4ccccc4)c4ccc5c(c4)C(C)(C)c4ccccc4-5)cc4c3B(c3cc5c(cc3N4c3ccc4c(c3)C(C)(C)CCC4(C)C)C(C)(C)CCC5(C)C)c3c2sc2ccc(C(C)(C)C)cc32)cc1. The fraction of sp³-hybridized carbons (Fsp3) is 0.351. The van der Waals surface area contributed by atoms with Crippen molar-refractivity contribution in [3.63, 3.8) is 0 Å². The van der Waals surface area contributed by atoms with E-state index < -0.39 is 0 Å². The molecule has 8 aromatic carbocycles. The van der Waals surface area contributed by atoms with E-state index in [-0.39, 0.29) is 44.6 Å². The third-order valence-electron chi connectivity index (χ3n) is 20.7. The zero-order chi connectivity index (χ0) is 57.6. The van der Waals surface area contributed by atoms with Crippen molar-refractivity contribution in [2.75, 3.05) is 14.7 Å². The first-order chi connectivity index (χ1) is 38.6. The van der Waals surface area contributed by atoms with Crippen molar-refractivity contribution in [2.24, 2.45) is 0 Å². The Labute approximate surface area is 494 Å². The molecule has 0 atom stereocenters. The molecule has 5 heteroatoms. The number of nitrogens with zero attached hydrogens (tertiary/aromatic N) is 3. The second-order valence-corrected chi connectivity index (χ2v) is 31.4. The van der Waals surface area contributed by atoms with E-state index >= 15 is 0 Å². The van der Waals surface area contributed by atoms with Crippen LogP contribution < -0.4 is 31.1 Å². The second kappa shape index (κ2) is 17.6. The van der Waals surface area contributed by atoms with Gasteiger partial charge in [0.25, 0.3) is 6.71 Å². The highest BCUT2D eigenvalue weighted by molar-refractivity contribution is 7.26. The lowest BCUT2D eigenvalue weighted by Crippen LogP contribution is -2.61. The van der Waals surface area contributed by atoms with Gasteiger partial charge in [0.2, 0.25) is 0 Å². The van der Waals surface area contributed by atoms with E-state index in [1.54, 1.807) is 0 Å². The Morgan fingerprint density at radius 3 is 1.63 bits per heavy atom. The zero-order valence-electron chi connectivity index (χ0n) is 51.7. The van der Waals surface area contributed by atoms with Crippen molar-refractivity contribution in [1.29, 1.82) is 0 Å². The van der Waals surface area contributed by atoms with Crippen LogP contribution in [0, 0.1) is 0 Å². The fourth-order valence-electron chi connectivity index (χ4n) is 15.4. The van der Waals surface area contributed by atoms with Gasteiger partial charge in [0, 0.05) is 49.9 Å². The first kappa shape index (κ1) is 53.2. The van der Waals surface area contributed by atoms with E-state index in [4.69, 9.17) is 0 Å². The molecule has 0 fully saturated rings. The smallest absolute Gasteiger partial charge is 0.254 e. The summed E-state index contributed by atoms with van der Waals surface area (Å²) in [6.45, 7) is 38.8. The molecular formula is C77H82BN3S. The minimum atomic E-state index is -0.170. The van der Waals surface area contributed by atoms with E-state index in [0.29, 0.717) is 0 Å². The molecule has 0 radical (unpaired) electrons. The van der Waals surface area contributed by atoms with Gasteiger partial charge in [0.1, 0.15) is 0 Å². The van der Waals surface area contributed by atoms with Crippen molar-refractivity contribution in [3.8, 4) is 11.1 Å². The molecule has 9 aromatic rings. The molecule has 0 N–H and O–H groups in total. The molecule has 3 heterocycles. The number of fused-ring (bicyclic) bond motifs is 11. The summed E-state index contributed by atoms with van der Waals surface area (Å²) in [5.74, 6) is 0. The molecule has 0 saturated heterocycles. The molecule has 0 saturated carbocycles. The number of thiophene rings is 1. The molecule has 3 nitrogen and oxygen atoms in total. The lowest BCUT2D eigenvalue weighted by Gasteiger charge is -2.48. The monoisotopic (exact) mass is 1090 g/mol. The van der Waals surface area contributed by atoms with Gasteiger partial charge in [-0.1, -0.05) is 196 Å². The highest BCUT2D eigenvalue weighted by Gasteiger charge is 2.49. The lowest BCUT2D eigenvalue weighted by atomic mass is 9.33. The summed E-state index contributed by atoms with van der Waals surface area (Å²) in [7, 11) is 0. The molecule has 1 aromatic heterocycles. The summed E-state index contributed by atoms with van der Waals surface area (Å²) in [6, 6.07) is 62.7. The van der Waals surface area contributed by atoms with Crippen LogP contribution >= 0.6 is 11.3 Å². The maximum Gasteiger partial charge on any atom is 0.254 e. The van der Waals surface area contributed by atoms with Crippen LogP contribution in [0.15, 0.2) is 158 Å². The van der Waals surface area contributed by atoms with Crippen LogP contribution in [0.25, 0.3) is 21.2 Å². The Kier molecular flexibility index (Phi) is 11.4. The number of rotatable bonds is 5. The van der Waals surface area contributed by atoms with E-state index in [0.717, 1.165) is 36.3 Å². The van der Waals surface area contributed by atoms with Crippen molar-refractivity contribution in [3.05, 3.63) is 202 Å². The Morgan fingerprint density at radius 1 is 0.415 bits per heavy atom. The van der Waals surface area contributed by atoms with Crippen molar-refractivity contribution >= 4 is 95.0 Å². The van der Waals surface area contributed by atoms with Crippen LogP contribution in [-0.4, -0.2) is 6.71 Å². The first-order valence-electron chi connectivity index (χ1n) is 30.5. The average molecular weight is 1090 g/mol. The van der Waals surface area contributed by atoms with Crippen LogP contribution in [0.1, 0.15) is 181 Å². The van der Waals surface area contributed by atoms with Crippen LogP contribution in [0.3, 0.4) is 0 Å². The predicted molar refractivity (Wildman–Crippen MR) is 356 cm³/mol. The van der Waals surface area contributed by atoms with Gasteiger partial charge in [0.15, 0.2) is 0 Å². The topological polar surface area (TPSA) is 9.72 Å². The van der Waals surface area contributed by atoms with Crippen molar-refractivity contribution in [2.45, 2.75) is 174 Å². The Hall–Kier alpha value is -6.82. The van der Waals surface area contributed by atoms with Crippen LogP contribution in [-0.2, 0) is 37.9 Å². The first-order valence-corrected chi connectivity index (χ1v) is 31.4. The van der Waals surface area contributed by atoms with E-state index in [9.17, 15) is 0 Å². The van der Waals surface area contributed by atoms with Gasteiger partial charge >= 0.3 is 0 Å². The minimum absolute atomic E-state index is 0.00304. The summed E-state index contributed by atoms with van der Waals surface area (Å²) in [5.41, 5.74) is 27.8. The van der Waals surface area contributed by atoms with Crippen molar-refractivity contribution < 1.29 is 0 Å². The number of hydrogen-bond acceptors (Lipinski definition) is 4. The van der Waals surface area contributed by atoms with Gasteiger partial charge in [-0.15, -0.1) is 11.3 Å². The quantitative estimate of drug-likeness (QED) is 0.159. The predicted octanol–water partition coefficient (Wildman–Crippen LogP) is 20.1. The number of hydrogen-bond donors (Lipinski definition) is 0. The molecule has 0 unspecified atom stereocenters. The van der Waals surface area contributed by atoms with Gasteiger partial charge in [-0.05, 0) is 208 Å². The summed E-state index contributed by atoms with van der Waals surface area (Å²) in [4.78, 5) is 7.99. The largest absolute Gasteiger partial charge is 0.311 e. The molecule has 14 rings (SSSR count). The molecule has 5 aliphatic rings. The second-order valence-electron chi connectivity index (χ2n) is 30.4. The summed E-state index contributed by atoms with van der Waals surface area (Å²) in [6.07, 6.45) is 4.63. The lowest BCUT2D eigenvalue weighted by molar-refractivity contribution is 0.332. The van der Waals surface area contributed by atoms with Crippen LogP contribution in [0.4, 0.5) is 50.5 Å². The van der Waals surface area contributed by atoms with Gasteiger partial charge in [-0.3, -0.25) is 0 Å². The van der Waals surface area contributed by atoms with Crippen molar-refractivity contribution in [1.82, 2.24) is 0 Å². The number of para-hydroxylation sites is 1. The Morgan fingerprint density at radius 2 is 0.976 bits per heavy atom. The average Bonchev–Trinajstić information content (AvgIpc) is 1.31. The fourth-order valence-corrected chi connectivity index (χ4v) is 16.6. The molecule has 414 valence electrons. The van der Waals surface area contributed by atoms with Gasteiger partial charge in [0.05, 0.1) is 10.7 Å². The highest BCUT2D eigenvalue weighted by Crippen LogP contribution is 2.56. The molecule has 0 amide bonds. The van der Waals surface area contributed by atoms with Gasteiger partial charge in [-0.2, -0.15) is 0 Å². The Bertz CT molecular complexity index is 4120. The third kappa shape index (κ3) is 7.94. The van der Waals surface area contributed by atoms with Gasteiger partial charge in [-0.25, -0.2) is 0 Å². The van der Waals surface area contributed by atoms with E-state index in [1.165, 1.54) is 122 Å². The standard InChI is InChI=1S/C77H82BN3S/c1-71(2,3)47-26-29-50(30-27-47)81-66-44-53(79(49-22-18-17-19-23-49)51-31-33-55-54-24-20-21-25-57(54)77(15,16)59(55)41-51)43-65-69(66)78(68-56-40-48(72(4,5)6)28-35-67(56)82-70(68)81)63-45-61-62(76(13,14)39-38-75(61,11)12)46-64(63)80(65)52-32-34-58-60(42-52)74(9,10)37-36-73(58,7)8/h17-35,40-46H,36-39H2,1-16H3. The minimum Gasteiger partial charge on any atom is -0.311 e. The molecule has 0 bridgehead atoms. The highest BCUT2D eigenvalue weighted by atomic mass is 32.1. The summed E-state index contributed by atoms with van der Waals surface area (Å²) < 4.78 is 1.33. The third-order valence-corrected chi connectivity index (χ3v) is 21.9. The van der Waals surface area contributed by atoms with Crippen LogP contribution in [0.5, 0.6) is 0 Å². The van der Waals surface area contributed by atoms with Gasteiger partial charge < -0.3 is 14.7 Å². The Balaban J connectivity index is 1.14. The molecule has 0 spiro atoms. The summed E-state index contributed by atoms with van der Waals surface area (Å²) in [5, 5.41) is 2.68. The molecule has 82 heavy (non-hydrogen) atoms. The molecular weight excluding hydrogens is 1010 g/mol. The summed E-state index contributed by atoms with van der Waals surface area (Å²) >= 11 is 1.97.